The maximum absolute atomic E-state index is 12.4. The highest BCUT2D eigenvalue weighted by atomic mass is 16.5. The van der Waals surface area contributed by atoms with Crippen molar-refractivity contribution in [3.05, 3.63) is 59.7 Å². The Labute approximate surface area is 117 Å². The zero-order valence-electron chi connectivity index (χ0n) is 11.3. The van der Waals surface area contributed by atoms with Gasteiger partial charge in [-0.25, -0.2) is 0 Å². The second-order valence-corrected chi connectivity index (χ2v) is 4.26. The molecule has 2 aromatic rings. The lowest BCUT2D eigenvalue weighted by molar-refractivity contribution is 0.0993. The first-order chi connectivity index (χ1) is 9.65. The van der Waals surface area contributed by atoms with Gasteiger partial charge in [-0.05, 0) is 30.3 Å². The van der Waals surface area contributed by atoms with Crippen molar-refractivity contribution in [3.8, 4) is 11.8 Å². The average Bonchev–Trinajstić information content (AvgIpc) is 2.53. The Morgan fingerprint density at radius 3 is 2.65 bits per heavy atom. The molecule has 4 heteroatoms. The van der Waals surface area contributed by atoms with Gasteiger partial charge in [0.2, 0.25) is 0 Å². The van der Waals surface area contributed by atoms with Gasteiger partial charge in [-0.15, -0.1) is 0 Å². The largest absolute Gasteiger partial charge is 0.497 e. The molecule has 0 spiro atoms. The van der Waals surface area contributed by atoms with Gasteiger partial charge in [0.25, 0.3) is 5.91 Å². The van der Waals surface area contributed by atoms with Crippen molar-refractivity contribution in [1.82, 2.24) is 0 Å². The first-order valence-corrected chi connectivity index (χ1v) is 6.08. The molecule has 0 fully saturated rings. The van der Waals surface area contributed by atoms with E-state index < -0.39 is 0 Å². The van der Waals surface area contributed by atoms with Crippen molar-refractivity contribution < 1.29 is 9.53 Å². The number of nitrogens with zero attached hydrogens (tertiary/aromatic N) is 2. The molecular formula is C16H14N2O2. The van der Waals surface area contributed by atoms with Crippen molar-refractivity contribution in [3.63, 3.8) is 0 Å². The van der Waals surface area contributed by atoms with E-state index in [1.807, 2.05) is 24.3 Å². The number of hydrogen-bond acceptors (Lipinski definition) is 3. The lowest BCUT2D eigenvalue weighted by atomic mass is 10.1. The van der Waals surface area contributed by atoms with Crippen LogP contribution in [0, 0.1) is 11.3 Å². The molecule has 0 saturated heterocycles. The average molecular weight is 266 g/mol. The number of hydrogen-bond donors (Lipinski definition) is 0. The van der Waals surface area contributed by atoms with Crippen LogP contribution in [0.5, 0.6) is 5.75 Å². The molecule has 2 rings (SSSR count). The summed E-state index contributed by atoms with van der Waals surface area (Å²) in [5.41, 5.74) is 1.68. The molecule has 1 amide bonds. The highest BCUT2D eigenvalue weighted by Gasteiger charge is 2.14. The topological polar surface area (TPSA) is 53.3 Å². The summed E-state index contributed by atoms with van der Waals surface area (Å²) < 4.78 is 5.15. The minimum atomic E-state index is -0.171. The summed E-state index contributed by atoms with van der Waals surface area (Å²) in [6, 6.07) is 15.9. The van der Waals surface area contributed by atoms with E-state index in [0.717, 1.165) is 5.69 Å². The van der Waals surface area contributed by atoms with Gasteiger partial charge in [-0.1, -0.05) is 12.1 Å². The van der Waals surface area contributed by atoms with E-state index in [-0.39, 0.29) is 5.91 Å². The minimum Gasteiger partial charge on any atom is -0.497 e. The molecule has 2 aromatic carbocycles. The van der Waals surface area contributed by atoms with Gasteiger partial charge < -0.3 is 9.64 Å². The van der Waals surface area contributed by atoms with Crippen LogP contribution in [0.15, 0.2) is 48.5 Å². The Morgan fingerprint density at radius 2 is 1.95 bits per heavy atom. The molecule has 4 nitrogen and oxygen atoms in total. The fourth-order valence-electron chi connectivity index (χ4n) is 1.85. The van der Waals surface area contributed by atoms with Crippen molar-refractivity contribution in [2.24, 2.45) is 0 Å². The maximum Gasteiger partial charge on any atom is 0.258 e. The van der Waals surface area contributed by atoms with Gasteiger partial charge in [0, 0.05) is 24.4 Å². The molecule has 0 atom stereocenters. The van der Waals surface area contributed by atoms with E-state index in [1.54, 1.807) is 44.5 Å². The number of nitriles is 1. The van der Waals surface area contributed by atoms with Crippen LogP contribution >= 0.6 is 0 Å². The summed E-state index contributed by atoms with van der Waals surface area (Å²) in [7, 11) is 3.27. The second-order valence-electron chi connectivity index (χ2n) is 4.26. The SMILES string of the molecule is COc1cccc(N(C)C(=O)c2cccc(C#N)c2)c1. The van der Waals surface area contributed by atoms with Gasteiger partial charge in [0.1, 0.15) is 5.75 Å². The quantitative estimate of drug-likeness (QED) is 0.858. The zero-order valence-corrected chi connectivity index (χ0v) is 11.3. The van der Waals surface area contributed by atoms with E-state index in [0.29, 0.717) is 16.9 Å². The van der Waals surface area contributed by atoms with E-state index in [9.17, 15) is 4.79 Å². The first kappa shape index (κ1) is 13.6. The molecule has 0 bridgehead atoms. The summed E-state index contributed by atoms with van der Waals surface area (Å²) in [6.45, 7) is 0. The molecular weight excluding hydrogens is 252 g/mol. The van der Waals surface area contributed by atoms with Gasteiger partial charge in [0.05, 0.1) is 18.7 Å². The predicted octanol–water partition coefficient (Wildman–Crippen LogP) is 2.84. The Kier molecular flexibility index (Phi) is 4.02. The summed E-state index contributed by atoms with van der Waals surface area (Å²) >= 11 is 0. The summed E-state index contributed by atoms with van der Waals surface area (Å²) in [4.78, 5) is 13.9. The third kappa shape index (κ3) is 2.78. The molecule has 0 heterocycles. The van der Waals surface area contributed by atoms with E-state index >= 15 is 0 Å². The van der Waals surface area contributed by atoms with Gasteiger partial charge in [0.15, 0.2) is 0 Å². The van der Waals surface area contributed by atoms with Crippen LogP contribution in [-0.4, -0.2) is 20.1 Å². The molecule has 0 saturated carbocycles. The first-order valence-electron chi connectivity index (χ1n) is 6.08. The van der Waals surface area contributed by atoms with Crippen LogP contribution in [0.4, 0.5) is 5.69 Å². The number of anilines is 1. The van der Waals surface area contributed by atoms with Crippen LogP contribution in [0.3, 0.4) is 0 Å². The molecule has 0 N–H and O–H groups in total. The van der Waals surface area contributed by atoms with Gasteiger partial charge in [-0.3, -0.25) is 4.79 Å². The number of carbonyl (C=O) groups excluding carboxylic acids is 1. The maximum atomic E-state index is 12.4. The third-order valence-corrected chi connectivity index (χ3v) is 2.98. The zero-order chi connectivity index (χ0) is 14.5. The molecule has 100 valence electrons. The number of benzene rings is 2. The fourth-order valence-corrected chi connectivity index (χ4v) is 1.85. The summed E-state index contributed by atoms with van der Waals surface area (Å²) in [6.07, 6.45) is 0. The Balaban J connectivity index is 2.30. The van der Waals surface area contributed by atoms with Crippen LogP contribution in [0.2, 0.25) is 0 Å². The summed E-state index contributed by atoms with van der Waals surface area (Å²) in [5.74, 6) is 0.517. The molecule has 0 radical (unpaired) electrons. The van der Waals surface area contributed by atoms with Gasteiger partial charge >= 0.3 is 0 Å². The van der Waals surface area contributed by atoms with Crippen molar-refractivity contribution in [1.29, 1.82) is 5.26 Å². The highest BCUT2D eigenvalue weighted by Crippen LogP contribution is 2.21. The third-order valence-electron chi connectivity index (χ3n) is 2.98. The van der Waals surface area contributed by atoms with Gasteiger partial charge in [-0.2, -0.15) is 5.26 Å². The number of amides is 1. The summed E-state index contributed by atoms with van der Waals surface area (Å²) in [5, 5.41) is 8.88. The molecule has 0 aliphatic rings. The molecule has 0 aromatic heterocycles. The lowest BCUT2D eigenvalue weighted by Gasteiger charge is -2.18. The molecule has 0 unspecified atom stereocenters. The lowest BCUT2D eigenvalue weighted by Crippen LogP contribution is -2.26. The predicted molar refractivity (Wildman–Crippen MR) is 76.9 cm³/mol. The van der Waals surface area contributed by atoms with Crippen molar-refractivity contribution in [2.45, 2.75) is 0 Å². The van der Waals surface area contributed by atoms with Crippen LogP contribution < -0.4 is 9.64 Å². The van der Waals surface area contributed by atoms with Crippen molar-refractivity contribution in [2.75, 3.05) is 19.1 Å². The monoisotopic (exact) mass is 266 g/mol. The Hall–Kier alpha value is -2.80. The number of methoxy groups -OCH3 is 1. The second kappa shape index (κ2) is 5.89. The molecule has 20 heavy (non-hydrogen) atoms. The minimum absolute atomic E-state index is 0.171. The number of rotatable bonds is 3. The van der Waals surface area contributed by atoms with Crippen LogP contribution in [-0.2, 0) is 0 Å². The normalized spacial score (nSPS) is 9.65. The number of ether oxygens (including phenoxy) is 1. The van der Waals surface area contributed by atoms with E-state index in [2.05, 4.69) is 0 Å². The van der Waals surface area contributed by atoms with Crippen LogP contribution in [0.25, 0.3) is 0 Å². The fraction of sp³-hybridized carbons (Fsp3) is 0.125. The van der Waals surface area contributed by atoms with Crippen LogP contribution in [0.1, 0.15) is 15.9 Å². The molecule has 0 aliphatic heterocycles. The Morgan fingerprint density at radius 1 is 1.20 bits per heavy atom. The van der Waals surface area contributed by atoms with Crippen molar-refractivity contribution >= 4 is 11.6 Å². The standard InChI is InChI=1S/C16H14N2O2/c1-18(14-7-4-8-15(10-14)20-2)16(19)13-6-3-5-12(9-13)11-17/h3-10H,1-2H3. The highest BCUT2D eigenvalue weighted by molar-refractivity contribution is 6.06. The van der Waals surface area contributed by atoms with E-state index in [4.69, 9.17) is 10.00 Å². The smallest absolute Gasteiger partial charge is 0.258 e. The molecule has 0 aliphatic carbocycles. The van der Waals surface area contributed by atoms with E-state index in [1.165, 1.54) is 4.90 Å². The Bertz CT molecular complexity index is 674. The number of carbonyl (C=O) groups is 1.